The molecule has 0 saturated heterocycles. The molecule has 4 unspecified atom stereocenters. The van der Waals surface area contributed by atoms with Crippen molar-refractivity contribution in [1.82, 2.24) is 15.0 Å². The second-order valence-corrected chi connectivity index (χ2v) is 4.75. The Kier molecular flexibility index (Phi) is 17.8. The Hall–Kier alpha value is 0.913. The van der Waals surface area contributed by atoms with Crippen LogP contribution in [0.1, 0.15) is 5.82 Å². The summed E-state index contributed by atoms with van der Waals surface area (Å²) in [7, 11) is 10.7. The van der Waals surface area contributed by atoms with Gasteiger partial charge in [-0.25, -0.2) is 4.76 Å². The van der Waals surface area contributed by atoms with Gasteiger partial charge >= 0.3 is 27.0 Å². The van der Waals surface area contributed by atoms with E-state index < -0.39 is 0 Å². The molecule has 17 heavy (non-hydrogen) atoms. The van der Waals surface area contributed by atoms with Crippen LogP contribution in [0.3, 0.4) is 0 Å². The molecule has 4 atom stereocenters. The minimum atomic E-state index is 0.402. The average molecular weight is 420 g/mol. The van der Waals surface area contributed by atoms with E-state index in [0.29, 0.717) is 28.4 Å². The summed E-state index contributed by atoms with van der Waals surface area (Å²) in [6, 6.07) is 0. The van der Waals surface area contributed by atoms with Crippen LogP contribution in [-0.4, -0.2) is 21.7 Å². The van der Waals surface area contributed by atoms with Crippen molar-refractivity contribution in [2.24, 2.45) is 4.76 Å². The average Bonchev–Trinajstić information content (AvgIpc) is 2.34. The van der Waals surface area contributed by atoms with Crippen LogP contribution in [0.5, 0.6) is 0 Å². The van der Waals surface area contributed by atoms with Crippen molar-refractivity contribution in [3.05, 3.63) is 11.4 Å². The minimum absolute atomic E-state index is 0.402. The Bertz CT molecular complexity index is 366. The van der Waals surface area contributed by atoms with Gasteiger partial charge in [-0.05, 0) is 15.3 Å². The van der Waals surface area contributed by atoms with E-state index >= 15 is 0 Å². The molecule has 0 bridgehead atoms. The third-order valence-electron chi connectivity index (χ3n) is 1.13. The fraction of sp³-hybridized carbons (Fsp3) is 0.200. The molecule has 1 aromatic heterocycles. The van der Waals surface area contributed by atoms with Crippen molar-refractivity contribution in [3.8, 4) is 0 Å². The van der Waals surface area contributed by atoms with Gasteiger partial charge in [-0.15, -0.1) is 0 Å². The number of nitrogens with one attached hydrogen (secondary N) is 2. The van der Waals surface area contributed by atoms with Gasteiger partial charge < -0.3 is 14.9 Å². The Balaban J connectivity index is 0. The van der Waals surface area contributed by atoms with Crippen LogP contribution in [0.25, 0.3) is 0 Å². The van der Waals surface area contributed by atoms with Crippen molar-refractivity contribution in [3.63, 3.8) is 0 Å². The number of H-pyrrole nitrogens is 1. The van der Waals surface area contributed by atoms with Gasteiger partial charge in [0.15, 0.2) is 0 Å². The van der Waals surface area contributed by atoms with Crippen LogP contribution in [0.15, 0.2) is 4.76 Å². The molecule has 0 aliphatic carbocycles. The van der Waals surface area contributed by atoms with Crippen LogP contribution in [0.4, 0.5) is 5.95 Å². The maximum absolute atomic E-state index is 7.75. The first kappa shape index (κ1) is 20.2. The second kappa shape index (κ2) is 15.0. The van der Waals surface area contributed by atoms with Crippen LogP contribution in [-0.2, 0) is 22.1 Å². The summed E-state index contributed by atoms with van der Waals surface area (Å²) in [6.07, 6.45) is 0. The SMILES string of the molecule is Cc1n/c(=N/PP)nc(NPP)[nH]1.[CH-]=O.[Cl][RuH]. The summed E-state index contributed by atoms with van der Waals surface area (Å²) in [5.74, 6) is 1.52. The van der Waals surface area contributed by atoms with Gasteiger partial charge in [0.05, 0.1) is 0 Å². The Morgan fingerprint density at radius 2 is 2.06 bits per heavy atom. The monoisotopic (exact) mass is 420 g/mol. The van der Waals surface area contributed by atoms with Gasteiger partial charge in [-0.1, -0.05) is 17.9 Å². The molecular weight excluding hydrogens is 407 g/mol. The number of nitrogens with zero attached hydrogens (tertiary/aromatic N) is 3. The number of aromatic amines is 1. The number of anilines is 1. The number of rotatable bonds is 3. The third-order valence-corrected chi connectivity index (χ3v) is 2.66. The van der Waals surface area contributed by atoms with Gasteiger partial charge in [-0.2, -0.15) is 9.97 Å². The van der Waals surface area contributed by atoms with E-state index in [1.54, 1.807) is 17.3 Å². The van der Waals surface area contributed by atoms with Gasteiger partial charge in [0.1, 0.15) is 5.82 Å². The molecule has 1 rings (SSSR count). The van der Waals surface area contributed by atoms with E-state index in [2.05, 4.69) is 59.1 Å². The number of aryl methyl sites for hydroxylation is 1. The summed E-state index contributed by atoms with van der Waals surface area (Å²) in [5.41, 5.74) is 0.523. The van der Waals surface area contributed by atoms with Crippen LogP contribution >= 0.6 is 44.4 Å². The topological polar surface area (TPSA) is 83.0 Å². The molecule has 6 nitrogen and oxygen atoms in total. The molecule has 0 aromatic carbocycles. The summed E-state index contributed by atoms with van der Waals surface area (Å²) in [6.45, 7) is 5.13. The molecule has 0 saturated carbocycles. The number of aromatic nitrogens is 3. The third kappa shape index (κ3) is 10.5. The zero-order valence-corrected chi connectivity index (χ0v) is 15.7. The quantitative estimate of drug-likeness (QED) is 0.335. The van der Waals surface area contributed by atoms with Crippen molar-refractivity contribution >= 4 is 57.1 Å². The van der Waals surface area contributed by atoms with Crippen LogP contribution < -0.4 is 10.7 Å². The van der Waals surface area contributed by atoms with Crippen molar-refractivity contribution in [2.75, 3.05) is 5.09 Å². The van der Waals surface area contributed by atoms with E-state index in [1.165, 1.54) is 0 Å². The van der Waals surface area contributed by atoms with E-state index in [4.69, 9.17) is 4.79 Å². The van der Waals surface area contributed by atoms with Gasteiger partial charge in [-0.3, -0.25) is 6.79 Å². The first-order chi connectivity index (χ1) is 8.26. The van der Waals surface area contributed by atoms with Crippen LogP contribution in [0.2, 0.25) is 0 Å². The molecule has 0 aliphatic rings. The molecule has 0 aliphatic heterocycles. The molecule has 1 aromatic rings. The summed E-state index contributed by atoms with van der Waals surface area (Å²) >= 11 is 1.62. The van der Waals surface area contributed by atoms with Gasteiger partial charge in [0.2, 0.25) is 5.95 Å². The summed E-state index contributed by atoms with van der Waals surface area (Å²) in [5, 5.41) is 3.07. The second-order valence-electron chi connectivity index (χ2n) is 2.09. The van der Waals surface area contributed by atoms with Crippen molar-refractivity contribution in [1.29, 1.82) is 0 Å². The first-order valence-electron chi connectivity index (χ1n) is 3.80. The Morgan fingerprint density at radius 1 is 1.47 bits per heavy atom. The molecule has 1 heterocycles. The molecule has 0 amide bonds. The zero-order valence-electron chi connectivity index (χ0n) is 8.74. The number of hydrogen-bond acceptors (Lipinski definition) is 5. The van der Waals surface area contributed by atoms with Gasteiger partial charge in [0.25, 0.3) is 5.62 Å². The van der Waals surface area contributed by atoms with Crippen molar-refractivity contribution < 1.29 is 22.1 Å². The molecule has 100 valence electrons. The van der Waals surface area contributed by atoms with E-state index in [-0.39, 0.29) is 0 Å². The predicted octanol–water partition coefficient (Wildman–Crippen LogP) is 1.34. The van der Waals surface area contributed by atoms with E-state index in [9.17, 15) is 0 Å². The number of carbonyl (C=O) groups excluding carboxylic acids is 1. The fourth-order valence-corrected chi connectivity index (χ4v) is 1.96. The summed E-state index contributed by atoms with van der Waals surface area (Å²) in [4.78, 5) is 19.0. The summed E-state index contributed by atoms with van der Waals surface area (Å²) < 4.78 is 4.12. The van der Waals surface area contributed by atoms with E-state index in [0.717, 1.165) is 5.82 Å². The van der Waals surface area contributed by atoms with Crippen molar-refractivity contribution in [2.45, 2.75) is 6.92 Å². The van der Waals surface area contributed by atoms with Crippen LogP contribution in [0, 0.1) is 6.92 Å². The normalized spacial score (nSPS) is 11.1. The fourth-order valence-electron chi connectivity index (χ4n) is 0.738. The molecule has 0 spiro atoms. The maximum atomic E-state index is 7.75. The molecular formula is C5H13ClN5OP4Ru-. The molecule has 2 N–H and O–H groups in total. The molecule has 0 fully saturated rings. The Morgan fingerprint density at radius 3 is 2.53 bits per heavy atom. The van der Waals surface area contributed by atoms with Gasteiger partial charge in [0, 0.05) is 8.42 Å². The van der Waals surface area contributed by atoms with E-state index in [1.807, 2.05) is 6.92 Å². The zero-order chi connectivity index (χ0) is 13.7. The molecule has 12 heteroatoms. The first-order valence-corrected chi connectivity index (χ1v) is 11.8. The Labute approximate surface area is 122 Å². The molecule has 0 radical (unpaired) electrons. The number of hydrogen-bond donors (Lipinski definition) is 2. The standard InChI is InChI=1S/C4H11N5P4.CHO.ClH.Ru.H/c1-2-5-3(8-12-10)7-4(6-2)9-13-11;1-2;;;/h12-13H,10-11H2,1H3,(H2,5,6,7,8,9);1H;1H;;/q;-1;;+1;/p-1. The number of halogens is 1. The predicted molar refractivity (Wildman–Crippen MR) is 80.4 cm³/mol.